The van der Waals surface area contributed by atoms with Gasteiger partial charge in [-0.15, -0.1) is 10.2 Å². The number of hydrogen-bond donors (Lipinski definition) is 2. The molecule has 1 aromatic carbocycles. The van der Waals surface area contributed by atoms with Crippen molar-refractivity contribution in [3.05, 3.63) is 69.3 Å². The number of pyridine rings is 1. The van der Waals surface area contributed by atoms with Gasteiger partial charge in [0.2, 0.25) is 5.56 Å². The van der Waals surface area contributed by atoms with E-state index in [-0.39, 0.29) is 5.56 Å². The molecule has 0 fully saturated rings. The van der Waals surface area contributed by atoms with Crippen molar-refractivity contribution in [2.45, 2.75) is 17.2 Å². The number of tetrazole rings is 1. The van der Waals surface area contributed by atoms with Crippen LogP contribution in [-0.2, 0) is 12.2 Å². The Morgan fingerprint density at radius 3 is 2.78 bits per heavy atom. The van der Waals surface area contributed by atoms with Gasteiger partial charge in [0.1, 0.15) is 6.07 Å². The quantitative estimate of drug-likeness (QED) is 0.690. The monoisotopic (exact) mass is 324 g/mol. The molecule has 7 nitrogen and oxygen atoms in total. The fourth-order valence-electron chi connectivity index (χ4n) is 2.15. The van der Waals surface area contributed by atoms with Crippen LogP contribution in [-0.4, -0.2) is 25.6 Å². The molecule has 2 N–H and O–H groups in total. The molecular weight excluding hydrogens is 312 g/mol. The van der Waals surface area contributed by atoms with E-state index in [1.807, 2.05) is 30.3 Å². The summed E-state index contributed by atoms with van der Waals surface area (Å²) in [6.07, 6.45) is 0.531. The summed E-state index contributed by atoms with van der Waals surface area (Å²) in [6, 6.07) is 13.4. The predicted octanol–water partition coefficient (Wildman–Crippen LogP) is 1.64. The van der Waals surface area contributed by atoms with E-state index in [4.69, 9.17) is 0 Å². The Kier molecular flexibility index (Phi) is 4.49. The number of H-pyrrole nitrogens is 2. The first-order chi connectivity index (χ1) is 11.3. The summed E-state index contributed by atoms with van der Waals surface area (Å²) >= 11 is 1.31. The summed E-state index contributed by atoms with van der Waals surface area (Å²) in [5.41, 5.74) is 1.99. The fourth-order valence-corrected chi connectivity index (χ4v) is 3.04. The van der Waals surface area contributed by atoms with Gasteiger partial charge in [-0.2, -0.15) is 10.5 Å². The van der Waals surface area contributed by atoms with Crippen molar-refractivity contribution in [2.75, 3.05) is 0 Å². The number of thioether (sulfide) groups is 1. The number of hydrogen-bond acceptors (Lipinski definition) is 6. The highest BCUT2D eigenvalue weighted by molar-refractivity contribution is 7.98. The van der Waals surface area contributed by atoms with E-state index in [9.17, 15) is 10.1 Å². The van der Waals surface area contributed by atoms with E-state index < -0.39 is 0 Å². The van der Waals surface area contributed by atoms with Gasteiger partial charge in [-0.3, -0.25) is 4.79 Å². The van der Waals surface area contributed by atoms with Crippen LogP contribution in [0.3, 0.4) is 0 Å². The normalized spacial score (nSPS) is 10.4. The smallest absolute Gasteiger partial charge is 0.249 e. The van der Waals surface area contributed by atoms with Gasteiger partial charge in [-0.1, -0.05) is 47.3 Å². The SMILES string of the molecule is N#Cc1c(Cc2ccccc2)cc(=O)[nH]c1SCc1nn[nH]n1. The Morgan fingerprint density at radius 2 is 2.09 bits per heavy atom. The molecule has 0 amide bonds. The Bertz CT molecular complexity index is 883. The van der Waals surface area contributed by atoms with Gasteiger partial charge in [0.25, 0.3) is 0 Å². The van der Waals surface area contributed by atoms with Crippen LogP contribution < -0.4 is 5.56 Å². The predicted molar refractivity (Wildman–Crippen MR) is 84.8 cm³/mol. The van der Waals surface area contributed by atoms with Crippen LogP contribution in [0.5, 0.6) is 0 Å². The van der Waals surface area contributed by atoms with Gasteiger partial charge in [-0.25, -0.2) is 0 Å². The van der Waals surface area contributed by atoms with Gasteiger partial charge in [0.15, 0.2) is 5.82 Å². The molecule has 0 bridgehead atoms. The number of benzene rings is 1. The van der Waals surface area contributed by atoms with E-state index in [1.54, 1.807) is 0 Å². The Labute approximate surface area is 135 Å². The summed E-state index contributed by atoms with van der Waals surface area (Å²) in [5, 5.41) is 23.6. The van der Waals surface area contributed by atoms with Gasteiger partial charge < -0.3 is 4.98 Å². The maximum Gasteiger partial charge on any atom is 0.249 e. The molecule has 2 heterocycles. The molecule has 3 aromatic rings. The van der Waals surface area contributed by atoms with Gasteiger partial charge >= 0.3 is 0 Å². The number of nitrogens with one attached hydrogen (secondary N) is 2. The first-order valence-electron chi connectivity index (χ1n) is 6.81. The molecule has 0 unspecified atom stereocenters. The highest BCUT2D eigenvalue weighted by Gasteiger charge is 2.13. The summed E-state index contributed by atoms with van der Waals surface area (Å²) in [6.45, 7) is 0. The van der Waals surface area contributed by atoms with E-state index >= 15 is 0 Å². The molecule has 0 radical (unpaired) electrons. The van der Waals surface area contributed by atoms with Crippen molar-refractivity contribution in [3.8, 4) is 6.07 Å². The molecule has 3 rings (SSSR count). The lowest BCUT2D eigenvalue weighted by atomic mass is 10.0. The van der Waals surface area contributed by atoms with Crippen molar-refractivity contribution in [2.24, 2.45) is 0 Å². The number of nitrogens with zero attached hydrogens (tertiary/aromatic N) is 4. The first kappa shape index (κ1) is 15.0. The Balaban J connectivity index is 1.90. The van der Waals surface area contributed by atoms with Crippen LogP contribution in [0.15, 0.2) is 46.2 Å². The largest absolute Gasteiger partial charge is 0.316 e. The van der Waals surface area contributed by atoms with Gasteiger partial charge in [-0.05, 0) is 17.5 Å². The summed E-state index contributed by atoms with van der Waals surface area (Å²) < 4.78 is 0. The average Bonchev–Trinajstić information content (AvgIpc) is 3.07. The summed E-state index contributed by atoms with van der Waals surface area (Å²) in [5.74, 6) is 0.920. The number of nitriles is 1. The molecule has 0 atom stereocenters. The zero-order valence-electron chi connectivity index (χ0n) is 12.0. The lowest BCUT2D eigenvalue weighted by molar-refractivity contribution is 0.881. The zero-order chi connectivity index (χ0) is 16.1. The van der Waals surface area contributed by atoms with Crippen molar-refractivity contribution in [3.63, 3.8) is 0 Å². The van der Waals surface area contributed by atoms with Crippen LogP contribution in [0.25, 0.3) is 0 Å². The minimum atomic E-state index is -0.231. The first-order valence-corrected chi connectivity index (χ1v) is 7.80. The van der Waals surface area contributed by atoms with E-state index in [0.29, 0.717) is 34.2 Å². The molecule has 0 saturated carbocycles. The van der Waals surface area contributed by atoms with Gasteiger partial charge in [0.05, 0.1) is 16.3 Å². The minimum Gasteiger partial charge on any atom is -0.316 e. The number of aromatic nitrogens is 5. The average molecular weight is 324 g/mol. The van der Waals surface area contributed by atoms with Crippen molar-refractivity contribution < 1.29 is 0 Å². The number of aromatic amines is 2. The molecule has 0 aliphatic heterocycles. The van der Waals surface area contributed by atoms with Crippen LogP contribution in [0.4, 0.5) is 0 Å². The third kappa shape index (κ3) is 3.64. The minimum absolute atomic E-state index is 0.231. The molecule has 0 spiro atoms. The van der Waals surface area contributed by atoms with Crippen molar-refractivity contribution in [1.82, 2.24) is 25.6 Å². The highest BCUT2D eigenvalue weighted by atomic mass is 32.2. The van der Waals surface area contributed by atoms with E-state index in [0.717, 1.165) is 5.56 Å². The topological polar surface area (TPSA) is 111 Å². The molecule has 0 saturated heterocycles. The number of rotatable bonds is 5. The highest BCUT2D eigenvalue weighted by Crippen LogP contribution is 2.25. The lowest BCUT2D eigenvalue weighted by Crippen LogP contribution is -2.11. The third-order valence-corrected chi connectivity index (χ3v) is 4.17. The van der Waals surface area contributed by atoms with Crippen LogP contribution in [0, 0.1) is 11.3 Å². The van der Waals surface area contributed by atoms with Crippen LogP contribution in [0.1, 0.15) is 22.5 Å². The van der Waals surface area contributed by atoms with Crippen LogP contribution in [0.2, 0.25) is 0 Å². The second kappa shape index (κ2) is 6.89. The Morgan fingerprint density at radius 1 is 1.26 bits per heavy atom. The zero-order valence-corrected chi connectivity index (χ0v) is 12.8. The van der Waals surface area contributed by atoms with Gasteiger partial charge in [0, 0.05) is 6.07 Å². The Hall–Kier alpha value is -2.92. The fraction of sp³-hybridized carbons (Fsp3) is 0.133. The van der Waals surface area contributed by atoms with E-state index in [1.165, 1.54) is 17.8 Å². The summed E-state index contributed by atoms with van der Waals surface area (Å²) in [7, 11) is 0. The van der Waals surface area contributed by atoms with Crippen molar-refractivity contribution in [1.29, 1.82) is 5.26 Å². The molecule has 2 aromatic heterocycles. The summed E-state index contributed by atoms with van der Waals surface area (Å²) in [4.78, 5) is 14.6. The molecule has 114 valence electrons. The standard InChI is InChI=1S/C15H12N6OS/c16-8-12-11(6-10-4-2-1-3-5-10)7-14(22)17-15(12)23-9-13-18-20-21-19-13/h1-5,7H,6,9H2,(H,17,22)(H,18,19,20,21). The maximum atomic E-state index is 11.9. The molecule has 0 aliphatic carbocycles. The molecule has 8 heteroatoms. The third-order valence-electron chi connectivity index (χ3n) is 3.17. The molecule has 23 heavy (non-hydrogen) atoms. The second-order valence-electron chi connectivity index (χ2n) is 4.75. The molecular formula is C15H12N6OS. The lowest BCUT2D eigenvalue weighted by Gasteiger charge is -2.08. The van der Waals surface area contributed by atoms with E-state index in [2.05, 4.69) is 31.7 Å². The second-order valence-corrected chi connectivity index (χ2v) is 5.74. The molecule has 0 aliphatic rings. The van der Waals surface area contributed by atoms with Crippen molar-refractivity contribution >= 4 is 11.8 Å². The maximum absolute atomic E-state index is 11.9. The van der Waals surface area contributed by atoms with Crippen LogP contribution >= 0.6 is 11.8 Å².